The number of hydrogen-bond donors (Lipinski definition) is 0. The molecule has 4 unspecified atom stereocenters. The van der Waals surface area contributed by atoms with Crippen molar-refractivity contribution in [2.75, 3.05) is 20.3 Å². The topological polar surface area (TPSA) is 29.5 Å². The van der Waals surface area contributed by atoms with Gasteiger partial charge < -0.3 is 4.74 Å². The zero-order valence-electron chi connectivity index (χ0n) is 13.6. The van der Waals surface area contributed by atoms with E-state index < -0.39 is 6.67 Å². The Morgan fingerprint density at radius 3 is 2.61 bits per heavy atom. The van der Waals surface area contributed by atoms with E-state index in [1.165, 1.54) is 18.2 Å². The predicted molar refractivity (Wildman–Crippen MR) is 86.7 cm³/mol. The third kappa shape index (κ3) is 2.86. The SMILES string of the molecule is COC(=O)C1C(c2ccc(C)cc2)C2CCC1N2CC#CC[18F]. The Morgan fingerprint density at radius 2 is 1.96 bits per heavy atom. The second-order valence-corrected chi connectivity index (χ2v) is 6.36. The highest BCUT2D eigenvalue weighted by Gasteiger charge is 2.56. The van der Waals surface area contributed by atoms with Gasteiger partial charge in [0.15, 0.2) is 0 Å². The molecule has 23 heavy (non-hydrogen) atoms. The fourth-order valence-electron chi connectivity index (χ4n) is 4.26. The lowest BCUT2D eigenvalue weighted by Gasteiger charge is -2.27. The lowest BCUT2D eigenvalue weighted by atomic mass is 9.75. The molecule has 3 rings (SSSR count). The molecular formula is C19H22FNO2. The van der Waals surface area contributed by atoms with Crippen LogP contribution < -0.4 is 0 Å². The summed E-state index contributed by atoms with van der Waals surface area (Å²) in [7, 11) is 1.45. The van der Waals surface area contributed by atoms with Crippen molar-refractivity contribution in [3.63, 3.8) is 0 Å². The highest BCUT2D eigenvalue weighted by Crippen LogP contribution is 2.50. The minimum absolute atomic E-state index is 0.133. The predicted octanol–water partition coefficient (Wildman–Crippen LogP) is 2.69. The number of nitrogens with zero attached hydrogens (tertiary/aromatic N) is 1. The summed E-state index contributed by atoms with van der Waals surface area (Å²) in [6, 6.07) is 8.82. The summed E-state index contributed by atoms with van der Waals surface area (Å²) >= 11 is 0. The van der Waals surface area contributed by atoms with Crippen molar-refractivity contribution < 1.29 is 13.9 Å². The number of rotatable bonds is 3. The van der Waals surface area contributed by atoms with Crippen LogP contribution >= 0.6 is 0 Å². The largest absolute Gasteiger partial charge is 0.469 e. The van der Waals surface area contributed by atoms with Gasteiger partial charge in [-0.05, 0) is 25.3 Å². The molecule has 122 valence electrons. The summed E-state index contributed by atoms with van der Waals surface area (Å²) in [5.74, 6) is 5.20. The zero-order valence-corrected chi connectivity index (χ0v) is 13.6. The van der Waals surface area contributed by atoms with Gasteiger partial charge in [-0.25, -0.2) is 4.39 Å². The van der Waals surface area contributed by atoms with Crippen molar-refractivity contribution in [3.05, 3.63) is 35.4 Å². The van der Waals surface area contributed by atoms with E-state index in [0.29, 0.717) is 6.54 Å². The summed E-state index contributed by atoms with van der Waals surface area (Å²) in [6.07, 6.45) is 2.03. The molecule has 1 aromatic rings. The van der Waals surface area contributed by atoms with Crippen LogP contribution in [-0.2, 0) is 9.53 Å². The number of hydrogen-bond acceptors (Lipinski definition) is 3. The number of carbonyl (C=O) groups is 1. The van der Waals surface area contributed by atoms with E-state index in [9.17, 15) is 9.18 Å². The molecule has 2 heterocycles. The van der Waals surface area contributed by atoms with Crippen molar-refractivity contribution in [1.82, 2.24) is 4.90 Å². The Bertz CT molecular complexity index is 631. The molecule has 2 bridgehead atoms. The molecule has 2 saturated heterocycles. The molecule has 0 aromatic heterocycles. The third-order valence-corrected chi connectivity index (χ3v) is 5.22. The molecule has 4 atom stereocenters. The molecular weight excluding hydrogens is 292 g/mol. The molecule has 0 aliphatic carbocycles. The maximum absolute atomic E-state index is 12.4. The standard InChI is InChI=1S/C19H22FNO2/c1-13-5-7-14(8-6-13)17-15-9-10-16(18(17)19(22)23-2)21(15)12-4-3-11-20/h5-8,15-18H,9-12H2,1-2H3/i20-1. The van der Waals surface area contributed by atoms with E-state index in [0.717, 1.165) is 12.8 Å². The molecule has 2 aliphatic heterocycles. The zero-order chi connectivity index (χ0) is 16.4. The Morgan fingerprint density at radius 1 is 1.26 bits per heavy atom. The van der Waals surface area contributed by atoms with Crippen LogP contribution in [-0.4, -0.2) is 43.3 Å². The summed E-state index contributed by atoms with van der Waals surface area (Å²) in [4.78, 5) is 14.7. The number of halogens is 1. The van der Waals surface area contributed by atoms with Gasteiger partial charge in [0.25, 0.3) is 0 Å². The molecule has 0 N–H and O–H groups in total. The normalized spacial score (nSPS) is 29.2. The van der Waals surface area contributed by atoms with Crippen LogP contribution in [0.3, 0.4) is 0 Å². The number of esters is 1. The minimum Gasteiger partial charge on any atom is -0.469 e. The first-order chi connectivity index (χ1) is 11.2. The lowest BCUT2D eigenvalue weighted by molar-refractivity contribution is -0.147. The van der Waals surface area contributed by atoms with Crippen LogP contribution in [0.25, 0.3) is 0 Å². The molecule has 2 fully saturated rings. The number of fused-ring (bicyclic) bond motifs is 2. The number of carbonyl (C=O) groups excluding carboxylic acids is 1. The smallest absolute Gasteiger partial charge is 0.310 e. The van der Waals surface area contributed by atoms with Gasteiger partial charge in [-0.1, -0.05) is 41.7 Å². The average molecular weight is 314 g/mol. The van der Waals surface area contributed by atoms with Gasteiger partial charge in [0.2, 0.25) is 0 Å². The highest BCUT2D eigenvalue weighted by atomic mass is 18.2. The molecule has 4 heteroatoms. The summed E-state index contributed by atoms with van der Waals surface area (Å²) < 4.78 is 17.3. The van der Waals surface area contributed by atoms with Crippen LogP contribution in [0.1, 0.15) is 29.9 Å². The number of alkyl halides is 1. The van der Waals surface area contributed by atoms with E-state index in [2.05, 4.69) is 47.9 Å². The quantitative estimate of drug-likeness (QED) is 0.634. The van der Waals surface area contributed by atoms with E-state index in [4.69, 9.17) is 4.74 Å². The Balaban J connectivity index is 1.92. The van der Waals surface area contributed by atoms with E-state index in [1.54, 1.807) is 0 Å². The second kappa shape index (κ2) is 6.72. The van der Waals surface area contributed by atoms with Gasteiger partial charge in [-0.2, -0.15) is 0 Å². The second-order valence-electron chi connectivity index (χ2n) is 6.36. The van der Waals surface area contributed by atoms with Crippen molar-refractivity contribution >= 4 is 5.97 Å². The van der Waals surface area contributed by atoms with E-state index in [-0.39, 0.29) is 29.9 Å². The fraction of sp³-hybridized carbons (Fsp3) is 0.526. The summed E-state index contributed by atoms with van der Waals surface area (Å²) in [6.45, 7) is 1.96. The van der Waals surface area contributed by atoms with E-state index >= 15 is 0 Å². The van der Waals surface area contributed by atoms with Gasteiger partial charge >= 0.3 is 5.97 Å². The van der Waals surface area contributed by atoms with Crippen LogP contribution in [0.5, 0.6) is 0 Å². The minimum atomic E-state index is -0.620. The van der Waals surface area contributed by atoms with Gasteiger partial charge in [-0.3, -0.25) is 9.69 Å². The first-order valence-electron chi connectivity index (χ1n) is 8.09. The first kappa shape index (κ1) is 16.0. The van der Waals surface area contributed by atoms with Crippen LogP contribution in [0, 0.1) is 24.7 Å². The van der Waals surface area contributed by atoms with Crippen molar-refractivity contribution in [1.29, 1.82) is 0 Å². The van der Waals surface area contributed by atoms with Crippen molar-refractivity contribution in [2.45, 2.75) is 37.8 Å². The van der Waals surface area contributed by atoms with Crippen LogP contribution in [0.2, 0.25) is 0 Å². The average Bonchev–Trinajstić information content (AvgIpc) is 3.10. The van der Waals surface area contributed by atoms with Gasteiger partial charge in [0.1, 0.15) is 6.67 Å². The van der Waals surface area contributed by atoms with E-state index in [1.807, 2.05) is 0 Å². The first-order valence-corrected chi connectivity index (χ1v) is 8.09. The maximum Gasteiger partial charge on any atom is 0.310 e. The van der Waals surface area contributed by atoms with Crippen molar-refractivity contribution in [2.24, 2.45) is 5.92 Å². The Hall–Kier alpha value is -1.86. The molecule has 2 aliphatic rings. The van der Waals surface area contributed by atoms with Gasteiger partial charge in [0, 0.05) is 18.0 Å². The van der Waals surface area contributed by atoms with Crippen LogP contribution in [0.15, 0.2) is 24.3 Å². The lowest BCUT2D eigenvalue weighted by Crippen LogP contribution is -2.34. The molecule has 0 radical (unpaired) electrons. The maximum atomic E-state index is 12.4. The van der Waals surface area contributed by atoms with Gasteiger partial charge in [-0.15, -0.1) is 0 Å². The summed E-state index contributed by atoms with van der Waals surface area (Å²) in [5.41, 5.74) is 2.39. The Labute approximate surface area is 136 Å². The Kier molecular flexibility index (Phi) is 4.68. The number of methoxy groups -OCH3 is 1. The fourth-order valence-corrected chi connectivity index (χ4v) is 4.26. The molecule has 1 aromatic carbocycles. The summed E-state index contributed by atoms with van der Waals surface area (Å²) in [5, 5.41) is 0. The molecule has 0 saturated carbocycles. The van der Waals surface area contributed by atoms with Crippen molar-refractivity contribution in [3.8, 4) is 11.8 Å². The van der Waals surface area contributed by atoms with Crippen LogP contribution in [0.4, 0.5) is 4.39 Å². The van der Waals surface area contributed by atoms with Gasteiger partial charge in [0.05, 0.1) is 19.6 Å². The number of ether oxygens (including phenoxy) is 1. The third-order valence-electron chi connectivity index (χ3n) is 5.22. The number of aryl methyl sites for hydroxylation is 1. The highest BCUT2D eigenvalue weighted by molar-refractivity contribution is 5.76. The molecule has 3 nitrogen and oxygen atoms in total. The number of benzene rings is 1. The molecule has 0 amide bonds. The monoisotopic (exact) mass is 314 g/mol. The molecule has 0 spiro atoms.